The average Bonchev–Trinajstić information content (AvgIpc) is 3.23. The molecule has 2 aromatic carbocycles. The number of hydrogen-bond acceptors (Lipinski definition) is 9. The number of nitrogens with zero attached hydrogens (tertiary/aromatic N) is 5. The van der Waals surface area contributed by atoms with E-state index in [0.29, 0.717) is 47.9 Å². The molecule has 4 rings (SSSR count). The van der Waals surface area contributed by atoms with Crippen LogP contribution in [-0.4, -0.2) is 67.8 Å². The number of fused-ring (bicyclic) bond motifs is 1. The number of hydrogen-bond donors (Lipinski definition) is 2. The molecule has 0 saturated heterocycles. The van der Waals surface area contributed by atoms with Gasteiger partial charge in [-0.25, -0.2) is 15.0 Å². The van der Waals surface area contributed by atoms with E-state index in [4.69, 9.17) is 9.47 Å². The van der Waals surface area contributed by atoms with Gasteiger partial charge in [0.2, 0.25) is 0 Å². The summed E-state index contributed by atoms with van der Waals surface area (Å²) in [6.07, 6.45) is 2.11. The number of aryl methyl sites for hydroxylation is 1. The minimum atomic E-state index is -4.06. The Hall–Kier alpha value is -3.74. The fourth-order valence-electron chi connectivity index (χ4n) is 3.73. The van der Waals surface area contributed by atoms with Gasteiger partial charge in [0.25, 0.3) is 10.0 Å². The molecule has 0 saturated carbocycles. The van der Waals surface area contributed by atoms with Crippen LogP contribution in [0.4, 0.5) is 17.3 Å². The van der Waals surface area contributed by atoms with Gasteiger partial charge in [-0.15, -0.1) is 0 Å². The van der Waals surface area contributed by atoms with Crippen molar-refractivity contribution in [3.8, 4) is 5.75 Å². The first-order chi connectivity index (χ1) is 17.7. The zero-order valence-electron chi connectivity index (χ0n) is 21.5. The van der Waals surface area contributed by atoms with Crippen LogP contribution < -0.4 is 14.8 Å². The zero-order valence-corrected chi connectivity index (χ0v) is 22.3. The first kappa shape index (κ1) is 26.3. The van der Waals surface area contributed by atoms with E-state index in [9.17, 15) is 8.42 Å². The minimum Gasteiger partial charge on any atom is -0.497 e. The first-order valence-corrected chi connectivity index (χ1v) is 13.1. The highest BCUT2D eigenvalue weighted by molar-refractivity contribution is 7.92. The number of sulfonamides is 1. The molecule has 196 valence electrons. The molecule has 12 heteroatoms. The molecule has 0 bridgehead atoms. The number of anilines is 3. The Balaban J connectivity index is 1.76. The van der Waals surface area contributed by atoms with Crippen LogP contribution in [0.3, 0.4) is 0 Å². The molecule has 37 heavy (non-hydrogen) atoms. The van der Waals surface area contributed by atoms with Crippen molar-refractivity contribution in [1.82, 2.24) is 24.4 Å². The minimum absolute atomic E-state index is 0.0547. The second-order valence-electron chi connectivity index (χ2n) is 8.75. The molecule has 0 radical (unpaired) electrons. The third kappa shape index (κ3) is 6.16. The summed E-state index contributed by atoms with van der Waals surface area (Å²) in [6, 6.07) is 12.9. The maximum absolute atomic E-state index is 13.4. The van der Waals surface area contributed by atoms with Crippen LogP contribution >= 0.6 is 0 Å². The van der Waals surface area contributed by atoms with Gasteiger partial charge in [-0.3, -0.25) is 4.72 Å². The molecule has 0 aliphatic rings. The SMILES string of the molecule is COCCc1ccc(OC)cc1Nc1nc2ccccc2nc1NS(=O)(=O)c1cn(C)c(CN(C)C)n1. The molecule has 0 unspecified atom stereocenters. The topological polar surface area (TPSA) is 124 Å². The van der Waals surface area contributed by atoms with Crippen LogP contribution in [0, 0.1) is 0 Å². The molecule has 2 N–H and O–H groups in total. The quantitative estimate of drug-likeness (QED) is 0.304. The van der Waals surface area contributed by atoms with Crippen LogP contribution in [0.25, 0.3) is 11.0 Å². The molecule has 0 aliphatic carbocycles. The second kappa shape index (κ2) is 11.1. The Morgan fingerprint density at radius 3 is 2.35 bits per heavy atom. The third-order valence-electron chi connectivity index (χ3n) is 5.63. The van der Waals surface area contributed by atoms with Gasteiger partial charge >= 0.3 is 0 Å². The highest BCUT2D eigenvalue weighted by Gasteiger charge is 2.23. The van der Waals surface area contributed by atoms with Crippen molar-refractivity contribution < 1.29 is 17.9 Å². The average molecular weight is 526 g/mol. The number of aromatic nitrogens is 4. The van der Waals surface area contributed by atoms with Crippen LogP contribution in [0.1, 0.15) is 11.4 Å². The summed E-state index contributed by atoms with van der Waals surface area (Å²) in [7, 11) is 4.71. The van der Waals surface area contributed by atoms with Crippen LogP contribution in [0.2, 0.25) is 0 Å². The highest BCUT2D eigenvalue weighted by atomic mass is 32.2. The molecule has 0 amide bonds. The maximum atomic E-state index is 13.4. The van der Waals surface area contributed by atoms with E-state index in [1.165, 1.54) is 6.20 Å². The van der Waals surface area contributed by atoms with Gasteiger partial charge in [0.05, 0.1) is 31.3 Å². The van der Waals surface area contributed by atoms with Gasteiger partial charge in [-0.1, -0.05) is 18.2 Å². The van der Waals surface area contributed by atoms with E-state index in [1.807, 2.05) is 55.4 Å². The highest BCUT2D eigenvalue weighted by Crippen LogP contribution is 2.31. The number of ether oxygens (including phenoxy) is 2. The summed E-state index contributed by atoms with van der Waals surface area (Å²) in [5, 5.41) is 3.16. The molecule has 4 aromatic rings. The molecule has 0 aliphatic heterocycles. The second-order valence-corrected chi connectivity index (χ2v) is 10.4. The molecule has 0 fully saturated rings. The lowest BCUT2D eigenvalue weighted by molar-refractivity contribution is 0.202. The van der Waals surface area contributed by atoms with Crippen molar-refractivity contribution in [2.24, 2.45) is 7.05 Å². The van der Waals surface area contributed by atoms with Crippen molar-refractivity contribution in [3.63, 3.8) is 0 Å². The van der Waals surface area contributed by atoms with Gasteiger partial charge in [0, 0.05) is 32.1 Å². The molecule has 2 aromatic heterocycles. The summed E-state index contributed by atoms with van der Waals surface area (Å²) >= 11 is 0. The smallest absolute Gasteiger partial charge is 0.282 e. The summed E-state index contributed by atoms with van der Waals surface area (Å²) in [5.74, 6) is 1.56. The normalized spacial score (nSPS) is 11.7. The summed E-state index contributed by atoms with van der Waals surface area (Å²) in [6.45, 7) is 1.01. The standard InChI is InChI=1S/C25H31N7O4S/c1-31(2)15-22-29-23(16-32(22)3)37(33,34)30-25-24(26-19-8-6-7-9-20(19)27-25)28-21-14-18(36-5)11-10-17(21)12-13-35-4/h6-11,14,16H,12-13,15H2,1-5H3,(H,26,28)(H,27,30). The molecular weight excluding hydrogens is 494 g/mol. The lowest BCUT2D eigenvalue weighted by Crippen LogP contribution is -2.17. The Morgan fingerprint density at radius 2 is 1.70 bits per heavy atom. The summed E-state index contributed by atoms with van der Waals surface area (Å²) in [5.41, 5.74) is 2.81. The zero-order chi connectivity index (χ0) is 26.6. The van der Waals surface area contributed by atoms with E-state index < -0.39 is 10.0 Å². The fraction of sp³-hybridized carbons (Fsp3) is 0.320. The van der Waals surface area contributed by atoms with E-state index in [2.05, 4.69) is 25.0 Å². The van der Waals surface area contributed by atoms with Gasteiger partial charge in [-0.2, -0.15) is 8.42 Å². The maximum Gasteiger partial charge on any atom is 0.282 e. The van der Waals surface area contributed by atoms with Crippen molar-refractivity contribution in [2.45, 2.75) is 18.0 Å². The Labute approximate surface area is 216 Å². The predicted molar refractivity (Wildman–Crippen MR) is 143 cm³/mol. The molecule has 11 nitrogen and oxygen atoms in total. The Bertz CT molecular complexity index is 1500. The van der Waals surface area contributed by atoms with Crippen molar-refractivity contribution in [2.75, 3.05) is 45.0 Å². The van der Waals surface area contributed by atoms with E-state index >= 15 is 0 Å². The van der Waals surface area contributed by atoms with Crippen molar-refractivity contribution in [1.29, 1.82) is 0 Å². The van der Waals surface area contributed by atoms with E-state index in [-0.39, 0.29) is 16.7 Å². The number of nitrogens with one attached hydrogen (secondary N) is 2. The first-order valence-electron chi connectivity index (χ1n) is 11.6. The summed E-state index contributed by atoms with van der Waals surface area (Å²) < 4.78 is 41.7. The monoisotopic (exact) mass is 525 g/mol. The van der Waals surface area contributed by atoms with Crippen LogP contribution in [0.15, 0.2) is 53.7 Å². The molecular formula is C25H31N7O4S. The number of methoxy groups -OCH3 is 2. The van der Waals surface area contributed by atoms with Gasteiger partial charge < -0.3 is 24.3 Å². The fourth-order valence-corrected chi connectivity index (χ4v) is 4.75. The number of rotatable bonds is 11. The lowest BCUT2D eigenvalue weighted by Gasteiger charge is -2.16. The van der Waals surface area contributed by atoms with Gasteiger partial charge in [0.15, 0.2) is 16.7 Å². The number of benzene rings is 2. The lowest BCUT2D eigenvalue weighted by atomic mass is 10.1. The van der Waals surface area contributed by atoms with Gasteiger partial charge in [-0.05, 0) is 44.3 Å². The van der Waals surface area contributed by atoms with Crippen LogP contribution in [0.5, 0.6) is 5.75 Å². The predicted octanol–water partition coefficient (Wildman–Crippen LogP) is 3.17. The third-order valence-corrected chi connectivity index (χ3v) is 6.84. The Kier molecular flexibility index (Phi) is 7.91. The van der Waals surface area contributed by atoms with Crippen molar-refractivity contribution >= 4 is 38.4 Å². The Morgan fingerprint density at radius 1 is 1.00 bits per heavy atom. The molecule has 2 heterocycles. The van der Waals surface area contributed by atoms with E-state index in [1.54, 1.807) is 31.9 Å². The van der Waals surface area contributed by atoms with Crippen LogP contribution in [-0.2, 0) is 34.8 Å². The van der Waals surface area contributed by atoms with Crippen molar-refractivity contribution in [3.05, 3.63) is 60.0 Å². The van der Waals surface area contributed by atoms with Gasteiger partial charge in [0.1, 0.15) is 11.6 Å². The number of para-hydroxylation sites is 2. The number of imidazole rings is 1. The summed E-state index contributed by atoms with van der Waals surface area (Å²) in [4.78, 5) is 15.5. The van der Waals surface area contributed by atoms with E-state index in [0.717, 1.165) is 5.56 Å². The molecule has 0 spiro atoms. The largest absolute Gasteiger partial charge is 0.497 e. The molecule has 0 atom stereocenters.